The SMILES string of the molecule is CSCCOc1ccccc1OCC(O)CN1C(C)CCCC1C. The zero-order valence-electron chi connectivity index (χ0n) is 15.1. The highest BCUT2D eigenvalue weighted by Crippen LogP contribution is 2.27. The number of para-hydroxylation sites is 2. The molecular formula is C19H31NO3S. The molecule has 1 aliphatic heterocycles. The maximum atomic E-state index is 10.4. The number of nitrogens with zero attached hydrogens (tertiary/aromatic N) is 1. The molecule has 136 valence electrons. The number of rotatable bonds is 9. The molecule has 3 atom stereocenters. The largest absolute Gasteiger partial charge is 0.489 e. The fourth-order valence-corrected chi connectivity index (χ4v) is 3.49. The molecule has 1 fully saturated rings. The summed E-state index contributed by atoms with van der Waals surface area (Å²) in [5.41, 5.74) is 0. The van der Waals surface area contributed by atoms with Crippen LogP contribution >= 0.6 is 11.8 Å². The first kappa shape index (κ1) is 19.4. The van der Waals surface area contributed by atoms with Crippen LogP contribution in [0.2, 0.25) is 0 Å². The minimum absolute atomic E-state index is 0.291. The van der Waals surface area contributed by atoms with E-state index in [1.165, 1.54) is 19.3 Å². The molecule has 1 heterocycles. The Kier molecular flexibility index (Phi) is 8.22. The van der Waals surface area contributed by atoms with Crippen LogP contribution < -0.4 is 9.47 Å². The topological polar surface area (TPSA) is 41.9 Å². The van der Waals surface area contributed by atoms with Crippen molar-refractivity contribution in [3.63, 3.8) is 0 Å². The van der Waals surface area contributed by atoms with Gasteiger partial charge in [-0.2, -0.15) is 11.8 Å². The highest BCUT2D eigenvalue weighted by molar-refractivity contribution is 7.98. The number of hydrogen-bond donors (Lipinski definition) is 1. The van der Waals surface area contributed by atoms with E-state index >= 15 is 0 Å². The summed E-state index contributed by atoms with van der Waals surface area (Å²) in [6, 6.07) is 8.74. The van der Waals surface area contributed by atoms with Crippen molar-refractivity contribution in [3.8, 4) is 11.5 Å². The quantitative estimate of drug-likeness (QED) is 0.689. The first-order chi connectivity index (χ1) is 11.6. The van der Waals surface area contributed by atoms with Crippen molar-refractivity contribution in [1.29, 1.82) is 0 Å². The number of β-amino-alcohol motifs (C(OH)–C–C–N with tert-alkyl or cyclic N) is 1. The van der Waals surface area contributed by atoms with Crippen molar-refractivity contribution < 1.29 is 14.6 Å². The van der Waals surface area contributed by atoms with Crippen molar-refractivity contribution in [2.45, 2.75) is 51.3 Å². The molecule has 0 amide bonds. The monoisotopic (exact) mass is 353 g/mol. The molecule has 1 aromatic rings. The van der Waals surface area contributed by atoms with Gasteiger partial charge in [0, 0.05) is 24.4 Å². The van der Waals surface area contributed by atoms with Gasteiger partial charge in [-0.05, 0) is 45.1 Å². The van der Waals surface area contributed by atoms with Crippen molar-refractivity contribution in [1.82, 2.24) is 4.90 Å². The van der Waals surface area contributed by atoms with Crippen molar-refractivity contribution in [2.75, 3.05) is 31.8 Å². The summed E-state index contributed by atoms with van der Waals surface area (Å²) in [7, 11) is 0. The van der Waals surface area contributed by atoms with Crippen LogP contribution in [0.3, 0.4) is 0 Å². The number of hydrogen-bond acceptors (Lipinski definition) is 5. The Morgan fingerprint density at radius 3 is 2.42 bits per heavy atom. The molecule has 1 aromatic carbocycles. The summed E-state index contributed by atoms with van der Waals surface area (Å²) in [5.74, 6) is 2.40. The molecule has 1 aliphatic rings. The molecular weight excluding hydrogens is 322 g/mol. The molecule has 3 unspecified atom stereocenters. The molecule has 5 heteroatoms. The minimum atomic E-state index is -0.493. The molecule has 2 rings (SSSR count). The number of thioether (sulfide) groups is 1. The second-order valence-electron chi connectivity index (χ2n) is 6.58. The lowest BCUT2D eigenvalue weighted by Crippen LogP contribution is -2.48. The molecule has 4 nitrogen and oxygen atoms in total. The summed E-state index contributed by atoms with van der Waals surface area (Å²) >= 11 is 1.75. The predicted molar refractivity (Wildman–Crippen MR) is 101 cm³/mol. The fourth-order valence-electron chi connectivity index (χ4n) is 3.24. The number of likely N-dealkylation sites (tertiary alicyclic amines) is 1. The Morgan fingerprint density at radius 2 is 1.79 bits per heavy atom. The van der Waals surface area contributed by atoms with Crippen LogP contribution in [0.25, 0.3) is 0 Å². The normalized spacial score (nSPS) is 23.0. The van der Waals surface area contributed by atoms with E-state index in [1.54, 1.807) is 11.8 Å². The van der Waals surface area contributed by atoms with Gasteiger partial charge in [-0.3, -0.25) is 4.90 Å². The number of benzene rings is 1. The van der Waals surface area contributed by atoms with Crippen LogP contribution in [0.4, 0.5) is 0 Å². The Morgan fingerprint density at radius 1 is 1.17 bits per heavy atom. The fraction of sp³-hybridized carbons (Fsp3) is 0.684. The summed E-state index contributed by atoms with van der Waals surface area (Å²) in [6.07, 6.45) is 5.28. The number of aliphatic hydroxyl groups is 1. The Labute approximate surface area is 150 Å². The van der Waals surface area contributed by atoms with E-state index in [0.29, 0.717) is 37.6 Å². The molecule has 0 saturated carbocycles. The molecule has 0 aromatic heterocycles. The zero-order chi connectivity index (χ0) is 17.4. The van der Waals surface area contributed by atoms with Gasteiger partial charge in [-0.1, -0.05) is 18.6 Å². The van der Waals surface area contributed by atoms with Gasteiger partial charge in [0.15, 0.2) is 11.5 Å². The van der Waals surface area contributed by atoms with Crippen LogP contribution in [0.1, 0.15) is 33.1 Å². The zero-order valence-corrected chi connectivity index (χ0v) is 15.9. The van der Waals surface area contributed by atoms with Gasteiger partial charge < -0.3 is 14.6 Å². The Balaban J connectivity index is 1.84. The molecule has 1 N–H and O–H groups in total. The molecule has 0 spiro atoms. The number of aliphatic hydroxyl groups excluding tert-OH is 1. The van der Waals surface area contributed by atoms with Gasteiger partial charge in [0.05, 0.1) is 6.61 Å². The van der Waals surface area contributed by atoms with E-state index < -0.39 is 6.10 Å². The molecule has 1 saturated heterocycles. The van der Waals surface area contributed by atoms with E-state index in [1.807, 2.05) is 24.3 Å². The summed E-state index contributed by atoms with van der Waals surface area (Å²) in [4.78, 5) is 2.40. The standard InChI is InChI=1S/C19H31NO3S/c1-15-7-6-8-16(2)20(15)13-17(21)14-23-19-10-5-4-9-18(19)22-11-12-24-3/h4-5,9-10,15-17,21H,6-8,11-14H2,1-3H3. The molecule has 0 radical (unpaired) electrons. The number of ether oxygens (including phenoxy) is 2. The van der Waals surface area contributed by atoms with Gasteiger partial charge in [-0.25, -0.2) is 0 Å². The van der Waals surface area contributed by atoms with E-state index in [4.69, 9.17) is 9.47 Å². The van der Waals surface area contributed by atoms with Crippen LogP contribution in [0.15, 0.2) is 24.3 Å². The minimum Gasteiger partial charge on any atom is -0.489 e. The molecule has 0 bridgehead atoms. The molecule has 24 heavy (non-hydrogen) atoms. The summed E-state index contributed by atoms with van der Waals surface area (Å²) < 4.78 is 11.6. The maximum absolute atomic E-state index is 10.4. The van der Waals surface area contributed by atoms with E-state index in [9.17, 15) is 5.11 Å². The predicted octanol–water partition coefficient (Wildman–Crippen LogP) is 3.43. The average Bonchev–Trinajstić information content (AvgIpc) is 2.58. The van der Waals surface area contributed by atoms with Crippen LogP contribution in [-0.4, -0.2) is 60.0 Å². The van der Waals surface area contributed by atoms with Gasteiger partial charge in [-0.15, -0.1) is 0 Å². The lowest BCUT2D eigenvalue weighted by molar-refractivity contribution is 0.0204. The Hall–Kier alpha value is -0.910. The number of piperidine rings is 1. The first-order valence-electron chi connectivity index (χ1n) is 8.89. The van der Waals surface area contributed by atoms with Gasteiger partial charge in [0.25, 0.3) is 0 Å². The second kappa shape index (κ2) is 10.2. The molecule has 0 aliphatic carbocycles. The van der Waals surface area contributed by atoms with Gasteiger partial charge in [0.2, 0.25) is 0 Å². The van der Waals surface area contributed by atoms with Crippen molar-refractivity contribution >= 4 is 11.8 Å². The Bertz CT molecular complexity index is 475. The smallest absolute Gasteiger partial charge is 0.161 e. The average molecular weight is 354 g/mol. The van der Waals surface area contributed by atoms with Crippen LogP contribution in [0.5, 0.6) is 11.5 Å². The first-order valence-corrected chi connectivity index (χ1v) is 10.3. The van der Waals surface area contributed by atoms with E-state index in [-0.39, 0.29) is 0 Å². The lowest BCUT2D eigenvalue weighted by atomic mass is 9.97. The van der Waals surface area contributed by atoms with E-state index in [2.05, 4.69) is 25.0 Å². The van der Waals surface area contributed by atoms with Crippen LogP contribution in [0, 0.1) is 0 Å². The summed E-state index contributed by atoms with van der Waals surface area (Å²) in [6.45, 7) is 6.11. The third kappa shape index (κ3) is 5.87. The third-order valence-corrected chi connectivity index (χ3v) is 5.20. The lowest BCUT2D eigenvalue weighted by Gasteiger charge is -2.40. The summed E-state index contributed by atoms with van der Waals surface area (Å²) in [5, 5.41) is 10.4. The van der Waals surface area contributed by atoms with Crippen molar-refractivity contribution in [3.05, 3.63) is 24.3 Å². The van der Waals surface area contributed by atoms with Crippen LogP contribution in [-0.2, 0) is 0 Å². The van der Waals surface area contributed by atoms with Gasteiger partial charge in [0.1, 0.15) is 12.7 Å². The third-order valence-electron chi connectivity index (χ3n) is 4.62. The van der Waals surface area contributed by atoms with Crippen molar-refractivity contribution in [2.24, 2.45) is 0 Å². The van der Waals surface area contributed by atoms with E-state index in [0.717, 1.165) is 11.5 Å². The van der Waals surface area contributed by atoms with Gasteiger partial charge >= 0.3 is 0 Å². The highest BCUT2D eigenvalue weighted by Gasteiger charge is 2.26. The second-order valence-corrected chi connectivity index (χ2v) is 7.56. The maximum Gasteiger partial charge on any atom is 0.161 e. The highest BCUT2D eigenvalue weighted by atomic mass is 32.2.